The third-order valence-corrected chi connectivity index (χ3v) is 3.35. The number of hydrogen-bond acceptors (Lipinski definition) is 4. The van der Waals surface area contributed by atoms with Gasteiger partial charge in [0.1, 0.15) is 5.60 Å². The molecular formula is C16H25N3O2S. The van der Waals surface area contributed by atoms with Gasteiger partial charge in [-0.2, -0.15) is 0 Å². The van der Waals surface area contributed by atoms with E-state index in [1.165, 1.54) is 11.8 Å². The van der Waals surface area contributed by atoms with Gasteiger partial charge in [0.2, 0.25) is 0 Å². The minimum absolute atomic E-state index is 0.176. The van der Waals surface area contributed by atoms with E-state index in [1.807, 2.05) is 58.9 Å². The fourth-order valence-corrected chi connectivity index (χ4v) is 2.24. The van der Waals surface area contributed by atoms with Gasteiger partial charge in [0.25, 0.3) is 0 Å². The molecular weight excluding hydrogens is 298 g/mol. The molecule has 1 rings (SSSR count). The van der Waals surface area contributed by atoms with Crippen LogP contribution in [0.3, 0.4) is 0 Å². The Hall–Kier alpha value is -1.69. The largest absolute Gasteiger partial charge is 0.444 e. The molecule has 0 radical (unpaired) electrons. The molecule has 0 heterocycles. The minimum atomic E-state index is -0.514. The van der Waals surface area contributed by atoms with E-state index in [1.54, 1.807) is 0 Å². The molecule has 1 amide bonds. The second-order valence-electron chi connectivity index (χ2n) is 5.88. The lowest BCUT2D eigenvalue weighted by Gasteiger charge is -2.22. The second-order valence-corrected chi connectivity index (χ2v) is 7.15. The number of carbonyl (C=O) groups is 1. The predicted octanol–water partition coefficient (Wildman–Crippen LogP) is 4.37. The van der Waals surface area contributed by atoms with Gasteiger partial charge < -0.3 is 15.4 Å². The van der Waals surface area contributed by atoms with Crippen LogP contribution >= 0.6 is 11.8 Å². The summed E-state index contributed by atoms with van der Waals surface area (Å²) < 4.78 is 5.25. The number of anilines is 1. The van der Waals surface area contributed by atoms with Crippen molar-refractivity contribution in [2.24, 2.45) is 0 Å². The monoisotopic (exact) mass is 323 g/mol. The highest BCUT2D eigenvalue weighted by Crippen LogP contribution is 2.19. The van der Waals surface area contributed by atoms with Crippen molar-refractivity contribution >= 4 is 28.7 Å². The maximum atomic E-state index is 11.8. The van der Waals surface area contributed by atoms with Crippen LogP contribution < -0.4 is 10.6 Å². The van der Waals surface area contributed by atoms with Crippen LogP contribution in [0.25, 0.3) is 0 Å². The molecule has 1 aromatic carbocycles. The van der Waals surface area contributed by atoms with Crippen LogP contribution in [0, 0.1) is 5.41 Å². The fraction of sp³-hybridized carbons (Fsp3) is 0.500. The van der Waals surface area contributed by atoms with Crippen molar-refractivity contribution in [2.75, 3.05) is 11.1 Å². The van der Waals surface area contributed by atoms with Gasteiger partial charge in [0.15, 0.2) is 5.17 Å². The molecule has 1 unspecified atom stereocenters. The van der Waals surface area contributed by atoms with Crippen molar-refractivity contribution in [1.82, 2.24) is 5.32 Å². The van der Waals surface area contributed by atoms with Gasteiger partial charge in [-0.15, -0.1) is 0 Å². The Labute approximate surface area is 136 Å². The van der Waals surface area contributed by atoms with Crippen LogP contribution in [0.5, 0.6) is 0 Å². The van der Waals surface area contributed by atoms with Gasteiger partial charge >= 0.3 is 6.09 Å². The Morgan fingerprint density at radius 2 is 2.09 bits per heavy atom. The van der Waals surface area contributed by atoms with Crippen molar-refractivity contribution in [1.29, 1.82) is 5.41 Å². The Morgan fingerprint density at radius 1 is 1.41 bits per heavy atom. The number of amides is 1. The molecule has 0 aromatic heterocycles. The highest BCUT2D eigenvalue weighted by atomic mass is 32.2. The first-order valence-corrected chi connectivity index (χ1v) is 8.27. The van der Waals surface area contributed by atoms with Crippen LogP contribution in [0.15, 0.2) is 24.3 Å². The molecule has 0 bridgehead atoms. The molecule has 0 spiro atoms. The molecule has 0 aliphatic heterocycles. The summed E-state index contributed by atoms with van der Waals surface area (Å²) in [5.74, 6) is 0.849. The van der Waals surface area contributed by atoms with Gasteiger partial charge in [-0.25, -0.2) is 4.79 Å². The Bertz CT molecular complexity index is 526. The Balaban J connectivity index is 2.68. The summed E-state index contributed by atoms with van der Waals surface area (Å²) >= 11 is 1.44. The summed E-state index contributed by atoms with van der Waals surface area (Å²) in [5.41, 5.74) is 1.27. The molecule has 0 aliphatic rings. The summed E-state index contributed by atoms with van der Waals surface area (Å²) in [5, 5.41) is 14.0. The van der Waals surface area contributed by atoms with Crippen LogP contribution in [0.4, 0.5) is 10.5 Å². The van der Waals surface area contributed by atoms with E-state index in [4.69, 9.17) is 10.1 Å². The van der Waals surface area contributed by atoms with Gasteiger partial charge in [0, 0.05) is 5.69 Å². The number of rotatable bonds is 4. The van der Waals surface area contributed by atoms with E-state index in [0.717, 1.165) is 17.0 Å². The lowest BCUT2D eigenvalue weighted by molar-refractivity contribution is 0.0508. The quantitative estimate of drug-likeness (QED) is 0.568. The number of nitrogens with one attached hydrogen (secondary N) is 3. The number of alkyl carbamates (subject to hydrolysis) is 1. The van der Waals surface area contributed by atoms with E-state index >= 15 is 0 Å². The average molecular weight is 323 g/mol. The number of benzene rings is 1. The maximum Gasteiger partial charge on any atom is 0.408 e. The Morgan fingerprint density at radius 3 is 2.68 bits per heavy atom. The average Bonchev–Trinajstić information content (AvgIpc) is 2.36. The topological polar surface area (TPSA) is 74.2 Å². The number of thioether (sulfide) groups is 1. The van der Waals surface area contributed by atoms with Crippen molar-refractivity contribution < 1.29 is 9.53 Å². The van der Waals surface area contributed by atoms with Gasteiger partial charge in [0.05, 0.1) is 6.04 Å². The Kier molecular flexibility index (Phi) is 6.74. The summed E-state index contributed by atoms with van der Waals surface area (Å²) in [4.78, 5) is 11.8. The molecule has 0 fully saturated rings. The van der Waals surface area contributed by atoms with E-state index in [-0.39, 0.29) is 6.04 Å². The fourth-order valence-electron chi connectivity index (χ4n) is 1.76. The van der Waals surface area contributed by atoms with E-state index in [2.05, 4.69) is 10.6 Å². The number of ether oxygens (including phenoxy) is 1. The van der Waals surface area contributed by atoms with E-state index in [0.29, 0.717) is 5.17 Å². The lowest BCUT2D eigenvalue weighted by atomic mass is 10.1. The lowest BCUT2D eigenvalue weighted by Crippen LogP contribution is -2.34. The third kappa shape index (κ3) is 6.85. The van der Waals surface area contributed by atoms with Crippen LogP contribution in [0.2, 0.25) is 0 Å². The molecule has 122 valence electrons. The summed E-state index contributed by atoms with van der Waals surface area (Å²) in [6.45, 7) is 9.40. The molecule has 6 heteroatoms. The molecule has 5 nitrogen and oxygen atoms in total. The normalized spacial score (nSPS) is 12.4. The molecule has 0 saturated heterocycles. The van der Waals surface area contributed by atoms with Crippen LogP contribution in [-0.2, 0) is 4.74 Å². The SMILES string of the molecule is CCSC(=N)Nc1cccc(C(C)NC(=O)OC(C)(C)C)c1. The van der Waals surface area contributed by atoms with E-state index < -0.39 is 11.7 Å². The molecule has 3 N–H and O–H groups in total. The zero-order chi connectivity index (χ0) is 16.8. The molecule has 1 atom stereocenters. The summed E-state index contributed by atoms with van der Waals surface area (Å²) in [6, 6.07) is 7.48. The molecule has 0 aliphatic carbocycles. The molecule has 22 heavy (non-hydrogen) atoms. The van der Waals surface area contributed by atoms with Crippen molar-refractivity contribution in [2.45, 2.75) is 46.3 Å². The third-order valence-electron chi connectivity index (χ3n) is 2.67. The number of hydrogen-bond donors (Lipinski definition) is 3. The number of carbonyl (C=O) groups excluding carboxylic acids is 1. The van der Waals surface area contributed by atoms with Crippen LogP contribution in [0.1, 0.15) is 46.2 Å². The first-order chi connectivity index (χ1) is 10.2. The zero-order valence-corrected chi connectivity index (χ0v) is 14.6. The summed E-state index contributed by atoms with van der Waals surface area (Å²) in [7, 11) is 0. The highest BCUT2D eigenvalue weighted by Gasteiger charge is 2.18. The predicted molar refractivity (Wildman–Crippen MR) is 93.7 cm³/mol. The van der Waals surface area contributed by atoms with E-state index in [9.17, 15) is 4.79 Å². The van der Waals surface area contributed by atoms with Gasteiger partial charge in [-0.1, -0.05) is 30.8 Å². The first kappa shape index (κ1) is 18.4. The number of amidine groups is 1. The zero-order valence-electron chi connectivity index (χ0n) is 13.8. The summed E-state index contributed by atoms with van der Waals surface area (Å²) in [6.07, 6.45) is -0.437. The van der Waals surface area contributed by atoms with Gasteiger partial charge in [-0.05, 0) is 51.1 Å². The second kappa shape index (κ2) is 8.08. The van der Waals surface area contributed by atoms with Crippen molar-refractivity contribution in [3.05, 3.63) is 29.8 Å². The van der Waals surface area contributed by atoms with Crippen molar-refractivity contribution in [3.8, 4) is 0 Å². The molecule has 0 saturated carbocycles. The van der Waals surface area contributed by atoms with Crippen molar-refractivity contribution in [3.63, 3.8) is 0 Å². The smallest absolute Gasteiger partial charge is 0.408 e. The maximum absolute atomic E-state index is 11.8. The standard InChI is InChI=1S/C16H25N3O2S/c1-6-22-14(17)19-13-9-7-8-12(10-13)11(2)18-15(20)21-16(3,4)5/h7-11H,6H2,1-5H3,(H2,17,19)(H,18,20). The highest BCUT2D eigenvalue weighted by molar-refractivity contribution is 8.14. The minimum Gasteiger partial charge on any atom is -0.444 e. The van der Waals surface area contributed by atoms with Gasteiger partial charge in [-0.3, -0.25) is 5.41 Å². The van der Waals surface area contributed by atoms with Crippen LogP contribution in [-0.4, -0.2) is 22.6 Å². The molecule has 1 aromatic rings. The first-order valence-electron chi connectivity index (χ1n) is 7.29.